The Morgan fingerprint density at radius 2 is 1.56 bits per heavy atom. The van der Waals surface area contributed by atoms with Crippen molar-refractivity contribution in [2.75, 3.05) is 28.4 Å². The molecule has 4 N–H and O–H groups in total. The highest BCUT2D eigenvalue weighted by atomic mass is 19.4. The lowest BCUT2D eigenvalue weighted by Crippen LogP contribution is -2.60. The molecule has 1 fully saturated rings. The average Bonchev–Trinajstić information content (AvgIpc) is 2.98. The Morgan fingerprint density at radius 3 is 2.14 bits per heavy atom. The molecule has 43 heavy (non-hydrogen) atoms. The van der Waals surface area contributed by atoms with Crippen LogP contribution in [0.2, 0.25) is 0 Å². The van der Waals surface area contributed by atoms with Crippen LogP contribution in [0.25, 0.3) is 22.3 Å². The molecular weight excluding hydrogens is 583 g/mol. The molecule has 1 aromatic heterocycles. The van der Waals surface area contributed by atoms with E-state index in [1.165, 1.54) is 40.6 Å². The number of amides is 1. The van der Waals surface area contributed by atoms with E-state index in [1.54, 1.807) is 23.5 Å². The minimum atomic E-state index is -4.80. The number of benzene rings is 2. The van der Waals surface area contributed by atoms with Gasteiger partial charge in [0.25, 0.3) is 5.91 Å². The second-order valence-electron chi connectivity index (χ2n) is 9.66. The van der Waals surface area contributed by atoms with Gasteiger partial charge in [0.1, 0.15) is 58.7 Å². The fraction of sp³-hybridized carbons (Fsp3) is 0.429. The molecule has 1 aliphatic rings. The minimum Gasteiger partial charge on any atom is -0.496 e. The number of alkyl halides is 3. The van der Waals surface area contributed by atoms with Crippen molar-refractivity contribution in [2.45, 2.75) is 49.7 Å². The summed E-state index contributed by atoms with van der Waals surface area (Å²) in [5.74, 6) is -0.754. The van der Waals surface area contributed by atoms with Crippen LogP contribution in [0.1, 0.15) is 18.6 Å². The number of nitrogens with one attached hydrogen (secondary N) is 1. The van der Waals surface area contributed by atoms with E-state index >= 15 is 0 Å². The van der Waals surface area contributed by atoms with Gasteiger partial charge in [-0.1, -0.05) is 0 Å². The van der Waals surface area contributed by atoms with Gasteiger partial charge in [-0.25, -0.2) is 0 Å². The topological polar surface area (TPSA) is 166 Å². The highest BCUT2D eigenvalue weighted by Gasteiger charge is 2.50. The van der Waals surface area contributed by atoms with Gasteiger partial charge in [0.2, 0.25) is 0 Å². The second kappa shape index (κ2) is 12.3. The third kappa shape index (κ3) is 5.93. The largest absolute Gasteiger partial charge is 0.496 e. The maximum Gasteiger partial charge on any atom is 0.408 e. The number of methoxy groups -OCH3 is 4. The van der Waals surface area contributed by atoms with Crippen LogP contribution in [0, 0.1) is 0 Å². The highest BCUT2D eigenvalue weighted by Crippen LogP contribution is 2.46. The zero-order valence-corrected chi connectivity index (χ0v) is 23.6. The van der Waals surface area contributed by atoms with Crippen LogP contribution in [-0.4, -0.2) is 86.3 Å². The van der Waals surface area contributed by atoms with Crippen molar-refractivity contribution in [1.82, 2.24) is 5.32 Å². The number of carbonyl (C=O) groups is 1. The lowest BCUT2D eigenvalue weighted by Gasteiger charge is -2.41. The Hall–Kier alpha value is -4.05. The van der Waals surface area contributed by atoms with Gasteiger partial charge in [0, 0.05) is 17.7 Å². The van der Waals surface area contributed by atoms with Crippen LogP contribution in [0.3, 0.4) is 0 Å². The van der Waals surface area contributed by atoms with Crippen LogP contribution >= 0.6 is 0 Å². The maximum atomic E-state index is 13.5. The molecule has 6 atom stereocenters. The molecule has 1 aliphatic heterocycles. The second-order valence-corrected chi connectivity index (χ2v) is 9.66. The maximum absolute atomic E-state index is 13.5. The first-order valence-corrected chi connectivity index (χ1v) is 12.8. The fourth-order valence-corrected chi connectivity index (χ4v) is 4.77. The summed E-state index contributed by atoms with van der Waals surface area (Å²) >= 11 is 0. The summed E-state index contributed by atoms with van der Waals surface area (Å²) in [4.78, 5) is 26.1. The van der Waals surface area contributed by atoms with Gasteiger partial charge in [0.05, 0.1) is 34.0 Å². The third-order valence-electron chi connectivity index (χ3n) is 7.07. The van der Waals surface area contributed by atoms with Gasteiger partial charge in [-0.05, 0) is 25.1 Å². The smallest absolute Gasteiger partial charge is 0.408 e. The summed E-state index contributed by atoms with van der Waals surface area (Å²) < 4.78 is 72.3. The number of carbonyl (C=O) groups excluding carboxylic acids is 1. The number of rotatable bonds is 8. The molecule has 0 unspecified atom stereocenters. The summed E-state index contributed by atoms with van der Waals surface area (Å²) in [6.45, 7) is 0.681. The number of halogens is 3. The summed E-state index contributed by atoms with van der Waals surface area (Å²) in [7, 11) is 5.33. The van der Waals surface area contributed by atoms with E-state index in [1.807, 2.05) is 0 Å². The number of aliphatic hydroxyl groups is 3. The van der Waals surface area contributed by atoms with Crippen molar-refractivity contribution < 1.29 is 61.4 Å². The minimum absolute atomic E-state index is 0.0195. The first-order valence-electron chi connectivity index (χ1n) is 12.8. The van der Waals surface area contributed by atoms with E-state index in [9.17, 15) is 38.1 Å². The van der Waals surface area contributed by atoms with Crippen LogP contribution in [-0.2, 0) is 9.53 Å². The predicted octanol–water partition coefficient (Wildman–Crippen LogP) is 2.08. The molecule has 2 aromatic carbocycles. The van der Waals surface area contributed by atoms with Gasteiger partial charge in [-0.2, -0.15) is 13.2 Å². The Morgan fingerprint density at radius 1 is 0.907 bits per heavy atom. The van der Waals surface area contributed by atoms with Crippen LogP contribution in [0.5, 0.6) is 23.0 Å². The molecule has 3 aromatic rings. The van der Waals surface area contributed by atoms with Gasteiger partial charge in [-0.15, -0.1) is 0 Å². The summed E-state index contributed by atoms with van der Waals surface area (Å²) in [5.41, 5.74) is -0.326. The van der Waals surface area contributed by atoms with Crippen LogP contribution < -0.4 is 29.7 Å². The van der Waals surface area contributed by atoms with Gasteiger partial charge >= 0.3 is 6.18 Å². The Bertz CT molecular complexity index is 1560. The van der Waals surface area contributed by atoms with Crippen molar-refractivity contribution in [3.8, 4) is 34.3 Å². The lowest BCUT2D eigenvalue weighted by molar-refractivity contribution is -0.225. The number of hydrogen-bond acceptors (Lipinski definition) is 11. The van der Waals surface area contributed by atoms with E-state index in [0.717, 1.165) is 0 Å². The van der Waals surface area contributed by atoms with E-state index in [2.05, 4.69) is 0 Å². The molecule has 4 rings (SSSR count). The van der Waals surface area contributed by atoms with E-state index in [4.69, 9.17) is 28.1 Å². The molecule has 0 aliphatic carbocycles. The summed E-state index contributed by atoms with van der Waals surface area (Å²) in [6, 6.07) is 4.99. The standard InChI is InChI=1S/C28H30F3NO11/c1-11(28(29,30)31)32-27(37)26-23(36)21(34)22(35)25(43-26)20-17(40-4)10-18-19(24(20)41-5)13(33)9-15(42-18)12-6-7-14(38-2)16(8-12)39-3/h6-11,21-23,25-26,34-36H,1-5H3,(H,32,37)/t11-,21+,22+,23-,25-,26-/m0/s1. The number of hydrogen-bond donors (Lipinski definition) is 4. The Balaban J connectivity index is 1.83. The molecule has 2 heterocycles. The van der Waals surface area contributed by atoms with Crippen molar-refractivity contribution >= 4 is 16.9 Å². The SMILES string of the molecule is COc1ccc(-c2cc(=O)c3c(OC)c([C@@H]4O[C@H](C(=O)N[C@@H](C)C(F)(F)F)[C@@H](O)[C@H](O)[C@H]4O)c(OC)cc3o2)cc1OC. The monoisotopic (exact) mass is 613 g/mol. The van der Waals surface area contributed by atoms with Crippen LogP contribution in [0.15, 0.2) is 39.5 Å². The molecule has 234 valence electrons. The number of aliphatic hydroxyl groups excluding tert-OH is 3. The van der Waals surface area contributed by atoms with Gasteiger partial charge in [0.15, 0.2) is 23.0 Å². The number of fused-ring (bicyclic) bond motifs is 1. The molecule has 15 heteroatoms. The van der Waals surface area contributed by atoms with Crippen molar-refractivity contribution in [3.63, 3.8) is 0 Å². The summed E-state index contributed by atoms with van der Waals surface area (Å²) in [6.07, 6.45) is -14.7. The van der Waals surface area contributed by atoms with Gasteiger partial charge < -0.3 is 48.7 Å². The quantitative estimate of drug-likeness (QED) is 0.294. The first-order chi connectivity index (χ1) is 20.3. The van der Waals surface area contributed by atoms with E-state index < -0.39 is 54.1 Å². The van der Waals surface area contributed by atoms with Crippen molar-refractivity contribution in [1.29, 1.82) is 0 Å². The molecule has 0 radical (unpaired) electrons. The summed E-state index contributed by atoms with van der Waals surface area (Å²) in [5, 5.41) is 33.4. The zero-order chi connectivity index (χ0) is 31.8. The van der Waals surface area contributed by atoms with Gasteiger partial charge in [-0.3, -0.25) is 9.59 Å². The molecule has 12 nitrogen and oxygen atoms in total. The zero-order valence-electron chi connectivity index (χ0n) is 23.6. The van der Waals surface area contributed by atoms with E-state index in [0.29, 0.717) is 24.0 Å². The molecule has 1 amide bonds. The molecular formula is C28H30F3NO11. The highest BCUT2D eigenvalue weighted by molar-refractivity contribution is 5.89. The molecule has 0 bridgehead atoms. The van der Waals surface area contributed by atoms with Crippen molar-refractivity contribution in [3.05, 3.63) is 46.1 Å². The van der Waals surface area contributed by atoms with Crippen molar-refractivity contribution in [2.24, 2.45) is 0 Å². The number of ether oxygens (including phenoxy) is 5. The Labute approximate surface area is 242 Å². The van der Waals surface area contributed by atoms with E-state index in [-0.39, 0.29) is 33.8 Å². The third-order valence-corrected chi connectivity index (χ3v) is 7.07. The Kier molecular flexibility index (Phi) is 9.11. The lowest BCUT2D eigenvalue weighted by atomic mass is 9.89. The van der Waals surface area contributed by atoms with Crippen LogP contribution in [0.4, 0.5) is 13.2 Å². The average molecular weight is 614 g/mol. The first kappa shape index (κ1) is 31.9. The molecule has 0 spiro atoms. The molecule has 1 saturated heterocycles. The molecule has 0 saturated carbocycles. The predicted molar refractivity (Wildman–Crippen MR) is 143 cm³/mol. The normalized spacial score (nSPS) is 23.0. The fourth-order valence-electron chi connectivity index (χ4n) is 4.77.